The molecule has 0 amide bonds. The molecule has 0 aliphatic carbocycles. The Hall–Kier alpha value is 0.0801. The first-order valence-corrected chi connectivity index (χ1v) is 9.68. The average Bonchev–Trinajstić information content (AvgIpc) is 2.40. The normalized spacial score (nSPS) is 15.9. The van der Waals surface area contributed by atoms with E-state index in [1.165, 1.54) is 0 Å². The monoisotopic (exact) mass is 242 g/mol. The maximum atomic E-state index is 10.8. The van der Waals surface area contributed by atoms with Crippen LogP contribution in [0.15, 0.2) is 12.2 Å². The Labute approximate surface area is 69.4 Å². The second-order valence-corrected chi connectivity index (χ2v) is 9.32. The summed E-state index contributed by atoms with van der Waals surface area (Å²) < 4.78 is 7.48. The zero-order valence-corrected chi connectivity index (χ0v) is 9.47. The standard InChI is InChI=1S/C4H6.C3H6O2.In/c1-3-4-2;1-2-3(4)5;/h3-4H,1-2H2;2H2,1H3,(H,4,5);/q;;+1/p-1. The molecule has 0 aromatic heterocycles. The van der Waals surface area contributed by atoms with E-state index in [1.54, 1.807) is 0 Å². The minimum atomic E-state index is -1.76. The third kappa shape index (κ3) is 2.37. The summed E-state index contributed by atoms with van der Waals surface area (Å²) in [7, 11) is 0. The van der Waals surface area contributed by atoms with Crippen LogP contribution in [0.5, 0.6) is 0 Å². The molecule has 0 aromatic rings. The first-order chi connectivity index (χ1) is 4.83. The molecule has 0 spiro atoms. The van der Waals surface area contributed by atoms with Crippen molar-refractivity contribution in [2.45, 2.75) is 21.7 Å². The third-order valence-electron chi connectivity index (χ3n) is 1.55. The van der Waals surface area contributed by atoms with Gasteiger partial charge in [-0.25, -0.2) is 0 Å². The van der Waals surface area contributed by atoms with Crippen LogP contribution in [-0.4, -0.2) is 27.8 Å². The van der Waals surface area contributed by atoms with Gasteiger partial charge >= 0.3 is 69.3 Å². The van der Waals surface area contributed by atoms with Crippen LogP contribution in [-0.2, 0) is 7.65 Å². The van der Waals surface area contributed by atoms with Gasteiger partial charge < -0.3 is 0 Å². The number of carbonyl (C=O) groups is 1. The zero-order chi connectivity index (χ0) is 7.40. The van der Waals surface area contributed by atoms with E-state index in [9.17, 15) is 4.79 Å². The zero-order valence-electron chi connectivity index (χ0n) is 6.17. The molecule has 0 radical (unpaired) electrons. The van der Waals surface area contributed by atoms with Gasteiger partial charge in [-0.15, -0.1) is 0 Å². The van der Waals surface area contributed by atoms with Crippen LogP contribution in [0.3, 0.4) is 0 Å². The molecule has 1 heterocycles. The van der Waals surface area contributed by atoms with Crippen LogP contribution in [0.25, 0.3) is 0 Å². The number of hydrogen-bond donors (Lipinski definition) is 0. The summed E-state index contributed by atoms with van der Waals surface area (Å²) in [6.45, 7) is 1.84. The summed E-state index contributed by atoms with van der Waals surface area (Å²) in [5.74, 6) is 0.00417. The van der Waals surface area contributed by atoms with Crippen LogP contribution in [0, 0.1) is 0 Å². The van der Waals surface area contributed by atoms with E-state index in [-0.39, 0.29) is 5.97 Å². The van der Waals surface area contributed by atoms with Gasteiger partial charge in [0.05, 0.1) is 0 Å². The van der Waals surface area contributed by atoms with E-state index >= 15 is 0 Å². The van der Waals surface area contributed by atoms with E-state index in [2.05, 4.69) is 12.2 Å². The molecule has 0 atom stereocenters. The van der Waals surface area contributed by atoms with E-state index in [0.29, 0.717) is 6.42 Å². The fourth-order valence-electron chi connectivity index (χ4n) is 0.958. The average molecular weight is 242 g/mol. The molecule has 2 nitrogen and oxygen atoms in total. The van der Waals surface area contributed by atoms with Gasteiger partial charge in [0.15, 0.2) is 0 Å². The topological polar surface area (TPSA) is 26.3 Å². The fourth-order valence-corrected chi connectivity index (χ4v) is 6.42. The Balaban J connectivity index is 2.19. The molecule has 1 rings (SSSR count). The molecule has 54 valence electrons. The summed E-state index contributed by atoms with van der Waals surface area (Å²) in [5, 5.41) is 0. The first-order valence-electron chi connectivity index (χ1n) is 3.67. The molecule has 0 saturated carbocycles. The second kappa shape index (κ2) is 4.06. The van der Waals surface area contributed by atoms with Gasteiger partial charge in [0.2, 0.25) is 0 Å². The van der Waals surface area contributed by atoms with Crippen molar-refractivity contribution in [3.05, 3.63) is 12.2 Å². The predicted molar refractivity (Wildman–Crippen MR) is 40.9 cm³/mol. The summed E-state index contributed by atoms with van der Waals surface area (Å²) in [6.07, 6.45) is 4.82. The maximum absolute atomic E-state index is 10.8. The van der Waals surface area contributed by atoms with Gasteiger partial charge in [-0.3, -0.25) is 0 Å². The number of allylic oxidation sites excluding steroid dienone is 2. The quantitative estimate of drug-likeness (QED) is 0.686. The molecular formula is C7H11InO2. The predicted octanol–water partition coefficient (Wildman–Crippen LogP) is 1.50. The van der Waals surface area contributed by atoms with Crippen LogP contribution in [0.1, 0.15) is 13.3 Å². The van der Waals surface area contributed by atoms with Crippen molar-refractivity contribution in [3.63, 3.8) is 0 Å². The Bertz CT molecular complexity index is 146. The van der Waals surface area contributed by atoms with E-state index in [1.807, 2.05) is 6.92 Å². The number of rotatable bonds is 2. The van der Waals surface area contributed by atoms with Crippen LogP contribution < -0.4 is 0 Å². The Morgan fingerprint density at radius 1 is 1.60 bits per heavy atom. The van der Waals surface area contributed by atoms with Gasteiger partial charge in [-0.2, -0.15) is 0 Å². The molecule has 0 saturated heterocycles. The molecule has 0 aromatic carbocycles. The Morgan fingerprint density at radius 3 is 2.70 bits per heavy atom. The van der Waals surface area contributed by atoms with Gasteiger partial charge in [-0.1, -0.05) is 0 Å². The summed E-state index contributed by atoms with van der Waals surface area (Å²) in [5.41, 5.74) is 0. The summed E-state index contributed by atoms with van der Waals surface area (Å²) >= 11 is -1.76. The molecular weight excluding hydrogens is 231 g/mol. The number of hydrogen-bond acceptors (Lipinski definition) is 2. The molecule has 3 heteroatoms. The van der Waals surface area contributed by atoms with E-state index in [4.69, 9.17) is 2.85 Å². The molecule has 0 fully saturated rings. The molecule has 10 heavy (non-hydrogen) atoms. The van der Waals surface area contributed by atoms with E-state index < -0.39 is 21.9 Å². The fraction of sp³-hybridized carbons (Fsp3) is 0.571. The minimum absolute atomic E-state index is 0.00417. The van der Waals surface area contributed by atoms with Crippen LogP contribution in [0.4, 0.5) is 0 Å². The SMILES string of the molecule is CCC(=O)[O][In]1[CH2]C=C[CH2]1. The Kier molecular flexibility index (Phi) is 3.32. The molecule has 1 aliphatic heterocycles. The van der Waals surface area contributed by atoms with E-state index in [0.717, 1.165) is 8.35 Å². The summed E-state index contributed by atoms with van der Waals surface area (Å²) in [4.78, 5) is 10.8. The van der Waals surface area contributed by atoms with Crippen molar-refractivity contribution in [1.82, 2.24) is 0 Å². The van der Waals surface area contributed by atoms with Crippen molar-refractivity contribution >= 4 is 27.8 Å². The first kappa shape index (κ1) is 8.18. The third-order valence-corrected chi connectivity index (χ3v) is 7.81. The molecule has 0 N–H and O–H groups in total. The van der Waals surface area contributed by atoms with Crippen LogP contribution >= 0.6 is 0 Å². The Morgan fingerprint density at radius 2 is 2.20 bits per heavy atom. The van der Waals surface area contributed by atoms with Gasteiger partial charge in [-0.05, 0) is 0 Å². The van der Waals surface area contributed by atoms with Crippen molar-refractivity contribution in [1.29, 1.82) is 0 Å². The second-order valence-electron chi connectivity index (χ2n) is 2.41. The van der Waals surface area contributed by atoms with Gasteiger partial charge in [0, 0.05) is 0 Å². The number of carbonyl (C=O) groups excluding carboxylic acids is 1. The molecule has 0 unspecified atom stereocenters. The van der Waals surface area contributed by atoms with Crippen molar-refractivity contribution in [2.24, 2.45) is 0 Å². The summed E-state index contributed by atoms with van der Waals surface area (Å²) in [6, 6.07) is 0. The van der Waals surface area contributed by atoms with Crippen molar-refractivity contribution in [3.8, 4) is 0 Å². The van der Waals surface area contributed by atoms with Crippen molar-refractivity contribution in [2.75, 3.05) is 0 Å². The van der Waals surface area contributed by atoms with Gasteiger partial charge in [0.1, 0.15) is 0 Å². The van der Waals surface area contributed by atoms with Gasteiger partial charge in [0.25, 0.3) is 0 Å². The van der Waals surface area contributed by atoms with Crippen LogP contribution in [0.2, 0.25) is 8.35 Å². The molecule has 1 aliphatic rings. The molecule has 0 bridgehead atoms. The van der Waals surface area contributed by atoms with Crippen molar-refractivity contribution < 1.29 is 7.65 Å².